The summed E-state index contributed by atoms with van der Waals surface area (Å²) in [5.74, 6) is 0.212. The molecule has 9 heteroatoms. The third-order valence-electron chi connectivity index (χ3n) is 4.05. The minimum absolute atomic E-state index is 0.0994. The van der Waals surface area contributed by atoms with E-state index in [2.05, 4.69) is 26.3 Å². The number of rotatable bonds is 10. The van der Waals surface area contributed by atoms with Crippen LogP contribution in [0.3, 0.4) is 0 Å². The molecule has 0 aliphatic heterocycles. The van der Waals surface area contributed by atoms with Gasteiger partial charge in [-0.05, 0) is 47.5 Å². The van der Waals surface area contributed by atoms with Crippen molar-refractivity contribution in [3.63, 3.8) is 0 Å². The van der Waals surface area contributed by atoms with Gasteiger partial charge in [0.2, 0.25) is 0 Å². The maximum Gasteiger partial charge on any atom is 0.408 e. The van der Waals surface area contributed by atoms with Gasteiger partial charge in [0.15, 0.2) is 0 Å². The number of hydrogen-bond acceptors (Lipinski definition) is 5. The number of aryl methyl sites for hydroxylation is 2. The number of halogens is 1. The molecule has 0 saturated heterocycles. The van der Waals surface area contributed by atoms with E-state index in [4.69, 9.17) is 4.74 Å². The molecule has 0 aliphatic carbocycles. The molecule has 2 rings (SSSR count). The number of ether oxygens (including phenoxy) is 1. The number of carboxylic acids is 1. The smallest absolute Gasteiger partial charge is 0.408 e. The van der Waals surface area contributed by atoms with Crippen molar-refractivity contribution in [3.05, 3.63) is 51.8 Å². The highest BCUT2D eigenvalue weighted by Gasteiger charge is 2.21. The van der Waals surface area contributed by atoms with Crippen LogP contribution < -0.4 is 5.32 Å². The topological polar surface area (TPSA) is 93.5 Å². The van der Waals surface area contributed by atoms with Crippen molar-refractivity contribution in [1.82, 2.24) is 15.1 Å². The van der Waals surface area contributed by atoms with Crippen LogP contribution in [0.4, 0.5) is 4.79 Å². The van der Waals surface area contributed by atoms with E-state index in [1.807, 2.05) is 48.9 Å². The second-order valence-corrected chi connectivity index (χ2v) is 8.00. The third-order valence-corrected chi connectivity index (χ3v) is 6.08. The summed E-state index contributed by atoms with van der Waals surface area (Å²) in [6.07, 6.45) is -0.430. The zero-order valence-corrected chi connectivity index (χ0v) is 18.3. The van der Waals surface area contributed by atoms with Crippen molar-refractivity contribution in [2.75, 3.05) is 5.75 Å². The van der Waals surface area contributed by atoms with Crippen molar-refractivity contribution < 1.29 is 19.4 Å². The van der Waals surface area contributed by atoms with Crippen LogP contribution in [0.2, 0.25) is 0 Å². The lowest BCUT2D eigenvalue weighted by Gasteiger charge is -2.14. The first-order chi connectivity index (χ1) is 13.4. The molecule has 1 unspecified atom stereocenters. The Labute approximate surface area is 177 Å². The maximum absolute atomic E-state index is 11.9. The van der Waals surface area contributed by atoms with E-state index < -0.39 is 18.1 Å². The number of aromatic nitrogens is 2. The van der Waals surface area contributed by atoms with Crippen LogP contribution in [0.15, 0.2) is 34.8 Å². The number of nitrogens with one attached hydrogen (secondary N) is 1. The van der Waals surface area contributed by atoms with Crippen LogP contribution >= 0.6 is 27.7 Å². The monoisotopic (exact) mass is 469 g/mol. The number of aliphatic carboxylic acids is 1. The fourth-order valence-corrected chi connectivity index (χ4v) is 4.18. The van der Waals surface area contributed by atoms with Crippen molar-refractivity contribution in [1.29, 1.82) is 0 Å². The number of amides is 1. The lowest BCUT2D eigenvalue weighted by molar-refractivity contribution is -0.139. The molecule has 1 aromatic carbocycles. The molecule has 1 aromatic heterocycles. The molecule has 0 saturated carbocycles. The molecule has 0 aliphatic rings. The fourth-order valence-electron chi connectivity index (χ4n) is 2.54. The molecule has 1 amide bonds. The molecular weight excluding hydrogens is 446 g/mol. The normalized spacial score (nSPS) is 11.8. The molecule has 0 fully saturated rings. The van der Waals surface area contributed by atoms with Gasteiger partial charge in [-0.25, -0.2) is 9.59 Å². The lowest BCUT2D eigenvalue weighted by Crippen LogP contribution is -2.41. The molecule has 0 radical (unpaired) electrons. The van der Waals surface area contributed by atoms with E-state index in [1.165, 1.54) is 0 Å². The summed E-state index contributed by atoms with van der Waals surface area (Å²) in [6, 6.07) is 8.24. The SMILES string of the molecule is CCn1nc(C)c(Br)c1CSCCC(NC(=O)OCc1ccccc1)C(=O)O. The molecule has 2 N–H and O–H groups in total. The summed E-state index contributed by atoms with van der Waals surface area (Å²) in [5, 5.41) is 16.2. The van der Waals surface area contributed by atoms with Gasteiger partial charge in [-0.1, -0.05) is 30.3 Å². The number of carboxylic acid groups (broad SMARTS) is 1. The molecule has 0 spiro atoms. The number of hydrogen-bond donors (Lipinski definition) is 2. The van der Waals surface area contributed by atoms with Gasteiger partial charge in [-0.3, -0.25) is 4.68 Å². The summed E-state index contributed by atoms with van der Waals surface area (Å²) in [4.78, 5) is 23.3. The Hall–Kier alpha value is -2.00. The summed E-state index contributed by atoms with van der Waals surface area (Å²) in [6.45, 7) is 4.84. The zero-order valence-electron chi connectivity index (χ0n) is 15.9. The molecule has 7 nitrogen and oxygen atoms in total. The van der Waals surface area contributed by atoms with Crippen molar-refractivity contribution >= 4 is 39.8 Å². The van der Waals surface area contributed by atoms with E-state index in [1.54, 1.807) is 11.8 Å². The van der Waals surface area contributed by atoms with Gasteiger partial charge in [-0.2, -0.15) is 16.9 Å². The fraction of sp³-hybridized carbons (Fsp3) is 0.421. The highest BCUT2D eigenvalue weighted by Crippen LogP contribution is 2.25. The van der Waals surface area contributed by atoms with E-state index in [0.29, 0.717) is 17.9 Å². The molecule has 2 aromatic rings. The Balaban J connectivity index is 1.78. The van der Waals surface area contributed by atoms with Crippen LogP contribution in [0.25, 0.3) is 0 Å². The number of thioether (sulfide) groups is 1. The van der Waals surface area contributed by atoms with E-state index in [9.17, 15) is 14.7 Å². The molecule has 0 bridgehead atoms. The van der Waals surface area contributed by atoms with E-state index in [-0.39, 0.29) is 6.61 Å². The molecular formula is C19H24BrN3O4S. The Morgan fingerprint density at radius 2 is 2.07 bits per heavy atom. The van der Waals surface area contributed by atoms with E-state index >= 15 is 0 Å². The average molecular weight is 470 g/mol. The Bertz CT molecular complexity index is 798. The molecule has 28 heavy (non-hydrogen) atoms. The number of alkyl carbamates (subject to hydrolysis) is 1. The van der Waals surface area contributed by atoms with Gasteiger partial charge in [0, 0.05) is 12.3 Å². The predicted molar refractivity (Wildman–Crippen MR) is 112 cm³/mol. The minimum atomic E-state index is -1.08. The first-order valence-corrected chi connectivity index (χ1v) is 10.9. The Kier molecular flexibility index (Phi) is 8.85. The number of benzene rings is 1. The third kappa shape index (κ3) is 6.56. The van der Waals surface area contributed by atoms with Gasteiger partial charge in [-0.15, -0.1) is 0 Å². The van der Waals surface area contributed by atoms with Gasteiger partial charge in [0.1, 0.15) is 12.6 Å². The summed E-state index contributed by atoms with van der Waals surface area (Å²) >= 11 is 5.15. The van der Waals surface area contributed by atoms with Crippen LogP contribution in [0.1, 0.15) is 30.3 Å². The Morgan fingerprint density at radius 1 is 1.36 bits per heavy atom. The number of carbonyl (C=O) groups excluding carboxylic acids is 1. The van der Waals surface area contributed by atoms with Crippen LogP contribution in [0.5, 0.6) is 0 Å². The van der Waals surface area contributed by atoms with Crippen molar-refractivity contribution in [2.45, 2.75) is 45.2 Å². The van der Waals surface area contributed by atoms with Crippen LogP contribution in [-0.2, 0) is 28.4 Å². The van der Waals surface area contributed by atoms with E-state index in [0.717, 1.165) is 28.0 Å². The van der Waals surface area contributed by atoms with Crippen molar-refractivity contribution in [2.24, 2.45) is 0 Å². The second kappa shape index (κ2) is 11.1. The first-order valence-electron chi connectivity index (χ1n) is 8.91. The highest BCUT2D eigenvalue weighted by molar-refractivity contribution is 9.10. The maximum atomic E-state index is 11.9. The molecule has 152 valence electrons. The van der Waals surface area contributed by atoms with Gasteiger partial charge >= 0.3 is 12.1 Å². The number of nitrogens with zero attached hydrogens (tertiary/aromatic N) is 2. The minimum Gasteiger partial charge on any atom is -0.480 e. The molecule has 1 atom stereocenters. The summed E-state index contributed by atoms with van der Waals surface area (Å²) in [5.41, 5.74) is 2.85. The lowest BCUT2D eigenvalue weighted by atomic mass is 10.2. The first kappa shape index (κ1) is 22.3. The zero-order chi connectivity index (χ0) is 20.5. The molecule has 1 heterocycles. The van der Waals surface area contributed by atoms with Crippen LogP contribution in [0, 0.1) is 6.92 Å². The quantitative estimate of drug-likeness (QED) is 0.511. The largest absolute Gasteiger partial charge is 0.480 e. The standard InChI is InChI=1S/C19H24BrN3O4S/c1-3-23-16(17(20)13(2)22-23)12-28-10-9-15(18(24)25)21-19(26)27-11-14-7-5-4-6-8-14/h4-8,15H,3,9-12H2,1-2H3,(H,21,26)(H,24,25). The predicted octanol–water partition coefficient (Wildman–Crippen LogP) is 3.98. The summed E-state index contributed by atoms with van der Waals surface area (Å²) in [7, 11) is 0. The van der Waals surface area contributed by atoms with Crippen molar-refractivity contribution in [3.8, 4) is 0 Å². The highest BCUT2D eigenvalue weighted by atomic mass is 79.9. The van der Waals surface area contributed by atoms with Gasteiger partial charge in [0.05, 0.1) is 15.9 Å². The van der Waals surface area contributed by atoms with Crippen LogP contribution in [-0.4, -0.2) is 38.7 Å². The summed E-state index contributed by atoms with van der Waals surface area (Å²) < 4.78 is 8.01. The second-order valence-electron chi connectivity index (χ2n) is 6.10. The van der Waals surface area contributed by atoms with Gasteiger partial charge in [0.25, 0.3) is 0 Å². The number of carbonyl (C=O) groups is 2. The average Bonchev–Trinajstić information content (AvgIpc) is 2.96. The Morgan fingerprint density at radius 3 is 2.71 bits per heavy atom. The van der Waals surface area contributed by atoms with Gasteiger partial charge < -0.3 is 15.2 Å².